The van der Waals surface area contributed by atoms with Crippen LogP contribution in [-0.2, 0) is 10.0 Å². The summed E-state index contributed by atoms with van der Waals surface area (Å²) in [5, 5.41) is 9.35. The molecule has 0 aliphatic heterocycles. The van der Waals surface area contributed by atoms with Crippen LogP contribution in [0.1, 0.15) is 16.1 Å². The Balaban J connectivity index is 2.02. The Kier molecular flexibility index (Phi) is 6.67. The average Bonchev–Trinajstić information content (AvgIpc) is 3.16. The molecule has 162 valence electrons. The second-order valence-corrected chi connectivity index (χ2v) is 8.80. The van der Waals surface area contributed by atoms with E-state index in [-0.39, 0.29) is 22.0 Å². The highest BCUT2D eigenvalue weighted by Gasteiger charge is 2.28. The lowest BCUT2D eigenvalue weighted by Crippen LogP contribution is -2.31. The molecule has 0 spiro atoms. The lowest BCUT2D eigenvalue weighted by atomic mass is 10.2. The van der Waals surface area contributed by atoms with Crippen LogP contribution < -0.4 is 14.4 Å². The van der Waals surface area contributed by atoms with E-state index in [9.17, 15) is 13.2 Å². The molecule has 2 N–H and O–H groups in total. The third-order valence-electron chi connectivity index (χ3n) is 4.37. The van der Waals surface area contributed by atoms with Gasteiger partial charge in [0, 0.05) is 11.8 Å². The van der Waals surface area contributed by atoms with Gasteiger partial charge in [0.05, 0.1) is 34.8 Å². The number of hydrogen-bond donors (Lipinski definition) is 2. The molecule has 3 aromatic rings. The Morgan fingerprint density at radius 1 is 1.29 bits per heavy atom. The van der Waals surface area contributed by atoms with Crippen molar-refractivity contribution in [1.29, 1.82) is 0 Å². The first-order valence-corrected chi connectivity index (χ1v) is 11.0. The van der Waals surface area contributed by atoms with Crippen LogP contribution in [0.4, 0.5) is 11.5 Å². The fraction of sp³-hybridized carbons (Fsp3) is 0.143. The SMILES string of the molecule is C=CCN(c1ccccc1OC)S(=O)(=O)c1ccc(Cl)c(C(=O)Nc2cc(C)[nH]n2)c1. The Hall–Kier alpha value is -3.30. The number of carbonyl (C=O) groups excluding carboxylic acids is 1. The predicted molar refractivity (Wildman–Crippen MR) is 120 cm³/mol. The number of amides is 1. The quantitative estimate of drug-likeness (QED) is 0.494. The largest absolute Gasteiger partial charge is 0.495 e. The number of carbonyl (C=O) groups is 1. The lowest BCUT2D eigenvalue weighted by Gasteiger charge is -2.25. The van der Waals surface area contributed by atoms with Crippen molar-refractivity contribution >= 4 is 39.0 Å². The normalized spacial score (nSPS) is 11.1. The molecule has 31 heavy (non-hydrogen) atoms. The number of rotatable bonds is 8. The van der Waals surface area contributed by atoms with Crippen molar-refractivity contribution in [2.24, 2.45) is 0 Å². The van der Waals surface area contributed by atoms with Crippen LogP contribution in [0.15, 0.2) is 66.1 Å². The number of aryl methyl sites for hydroxylation is 1. The van der Waals surface area contributed by atoms with Crippen molar-refractivity contribution in [3.63, 3.8) is 0 Å². The maximum Gasteiger partial charge on any atom is 0.264 e. The van der Waals surface area contributed by atoms with E-state index >= 15 is 0 Å². The topological polar surface area (TPSA) is 104 Å². The number of nitrogens with one attached hydrogen (secondary N) is 2. The monoisotopic (exact) mass is 460 g/mol. The maximum absolute atomic E-state index is 13.5. The number of aromatic nitrogens is 2. The summed E-state index contributed by atoms with van der Waals surface area (Å²) >= 11 is 6.18. The van der Waals surface area contributed by atoms with Crippen LogP contribution in [0.25, 0.3) is 0 Å². The number of benzene rings is 2. The Labute approximate surface area is 185 Å². The van der Waals surface area contributed by atoms with Crippen LogP contribution in [0.5, 0.6) is 5.75 Å². The van der Waals surface area contributed by atoms with Crippen LogP contribution >= 0.6 is 11.6 Å². The first-order valence-electron chi connectivity index (χ1n) is 9.17. The third-order valence-corrected chi connectivity index (χ3v) is 6.47. The van der Waals surface area contributed by atoms with Crippen LogP contribution in [-0.4, -0.2) is 38.2 Å². The van der Waals surface area contributed by atoms with Gasteiger partial charge in [0.2, 0.25) is 0 Å². The van der Waals surface area contributed by atoms with Gasteiger partial charge in [-0.05, 0) is 37.3 Å². The minimum absolute atomic E-state index is 0.000586. The molecule has 0 bridgehead atoms. The summed E-state index contributed by atoms with van der Waals surface area (Å²) in [6, 6.07) is 12.3. The van der Waals surface area contributed by atoms with Crippen LogP contribution in [0.2, 0.25) is 5.02 Å². The first kappa shape index (κ1) is 22.4. The molecule has 0 fully saturated rings. The van der Waals surface area contributed by atoms with Crippen molar-refractivity contribution in [2.45, 2.75) is 11.8 Å². The molecular formula is C21H21ClN4O4S. The van der Waals surface area contributed by atoms with Gasteiger partial charge >= 0.3 is 0 Å². The summed E-state index contributed by atoms with van der Waals surface area (Å²) in [6.45, 7) is 5.44. The van der Waals surface area contributed by atoms with Gasteiger partial charge in [0.1, 0.15) is 5.75 Å². The fourth-order valence-corrected chi connectivity index (χ4v) is 4.59. The van der Waals surface area contributed by atoms with E-state index in [1.54, 1.807) is 37.3 Å². The maximum atomic E-state index is 13.5. The van der Waals surface area contributed by atoms with Crippen molar-refractivity contribution in [1.82, 2.24) is 10.2 Å². The summed E-state index contributed by atoms with van der Waals surface area (Å²) in [7, 11) is -2.61. The zero-order valence-corrected chi connectivity index (χ0v) is 18.5. The molecule has 10 heteroatoms. The number of ether oxygens (including phenoxy) is 1. The van der Waals surface area contributed by atoms with Crippen LogP contribution in [0.3, 0.4) is 0 Å². The third kappa shape index (κ3) is 4.73. The molecule has 0 saturated heterocycles. The number of sulfonamides is 1. The van der Waals surface area contributed by atoms with Crippen molar-refractivity contribution in [3.8, 4) is 5.75 Å². The number of hydrogen-bond acceptors (Lipinski definition) is 5. The van der Waals surface area contributed by atoms with Crippen LogP contribution in [0, 0.1) is 6.92 Å². The highest BCUT2D eigenvalue weighted by Crippen LogP contribution is 2.33. The molecule has 0 unspecified atom stereocenters. The Bertz CT molecular complexity index is 1220. The van der Waals surface area contributed by atoms with Gasteiger partial charge in [-0.25, -0.2) is 8.42 Å². The molecule has 0 saturated carbocycles. The second-order valence-electron chi connectivity index (χ2n) is 6.53. The van der Waals surface area contributed by atoms with E-state index in [0.717, 1.165) is 10.00 Å². The molecule has 3 rings (SSSR count). The molecule has 1 heterocycles. The van der Waals surface area contributed by atoms with E-state index in [0.29, 0.717) is 17.3 Å². The number of aromatic amines is 1. The zero-order chi connectivity index (χ0) is 22.6. The van der Waals surface area contributed by atoms with Gasteiger partial charge in [0.25, 0.3) is 15.9 Å². The highest BCUT2D eigenvalue weighted by atomic mass is 35.5. The molecule has 0 atom stereocenters. The molecule has 1 aromatic heterocycles. The summed E-state index contributed by atoms with van der Waals surface area (Å²) in [5.41, 5.74) is 1.11. The lowest BCUT2D eigenvalue weighted by molar-refractivity contribution is 0.102. The van der Waals surface area contributed by atoms with Crippen molar-refractivity contribution in [3.05, 3.63) is 77.5 Å². The van der Waals surface area contributed by atoms with Gasteiger partial charge in [-0.2, -0.15) is 5.10 Å². The summed E-state index contributed by atoms with van der Waals surface area (Å²) in [4.78, 5) is 12.6. The molecule has 8 nitrogen and oxygen atoms in total. The molecule has 0 aliphatic carbocycles. The Morgan fingerprint density at radius 3 is 2.68 bits per heavy atom. The zero-order valence-electron chi connectivity index (χ0n) is 16.9. The summed E-state index contributed by atoms with van der Waals surface area (Å²) in [5.74, 6) is 0.101. The van der Waals surface area contributed by atoms with Crippen molar-refractivity contribution in [2.75, 3.05) is 23.3 Å². The van der Waals surface area contributed by atoms with E-state index in [1.807, 2.05) is 0 Å². The molecule has 0 aliphatic rings. The number of para-hydroxylation sites is 2. The highest BCUT2D eigenvalue weighted by molar-refractivity contribution is 7.92. The van der Waals surface area contributed by atoms with E-state index in [2.05, 4.69) is 22.1 Å². The molecule has 1 amide bonds. The number of nitrogens with zero attached hydrogens (tertiary/aromatic N) is 2. The van der Waals surface area contributed by atoms with E-state index < -0.39 is 15.9 Å². The van der Waals surface area contributed by atoms with Gasteiger partial charge in [-0.15, -0.1) is 6.58 Å². The van der Waals surface area contributed by atoms with Gasteiger partial charge in [-0.3, -0.25) is 14.2 Å². The average molecular weight is 461 g/mol. The number of H-pyrrole nitrogens is 1. The summed E-state index contributed by atoms with van der Waals surface area (Å²) < 4.78 is 33.4. The van der Waals surface area contributed by atoms with Gasteiger partial charge in [-0.1, -0.05) is 29.8 Å². The minimum atomic E-state index is -4.07. The molecular weight excluding hydrogens is 440 g/mol. The molecule has 2 aromatic carbocycles. The predicted octanol–water partition coefficient (Wildman–Crippen LogP) is 4.01. The number of halogens is 1. The smallest absolute Gasteiger partial charge is 0.264 e. The first-order chi connectivity index (χ1) is 14.8. The van der Waals surface area contributed by atoms with E-state index in [1.165, 1.54) is 31.4 Å². The number of methoxy groups -OCH3 is 1. The van der Waals surface area contributed by atoms with Crippen molar-refractivity contribution < 1.29 is 17.9 Å². The number of anilines is 2. The van der Waals surface area contributed by atoms with Gasteiger partial charge in [0.15, 0.2) is 5.82 Å². The summed E-state index contributed by atoms with van der Waals surface area (Å²) in [6.07, 6.45) is 1.47. The fourth-order valence-electron chi connectivity index (χ4n) is 2.91. The molecule has 0 radical (unpaired) electrons. The second kappa shape index (κ2) is 9.23. The van der Waals surface area contributed by atoms with E-state index in [4.69, 9.17) is 16.3 Å². The Morgan fingerprint density at radius 2 is 2.03 bits per heavy atom. The standard InChI is InChI=1S/C21H21ClN4O4S/c1-4-11-26(18-7-5-6-8-19(18)30-3)31(28,29)15-9-10-17(22)16(13-15)21(27)23-20-12-14(2)24-25-20/h4-10,12-13H,1,11H2,2-3H3,(H2,23,24,25,27). The minimum Gasteiger partial charge on any atom is -0.495 e. The van der Waals surface area contributed by atoms with Gasteiger partial charge < -0.3 is 10.1 Å².